The van der Waals surface area contributed by atoms with E-state index in [1.807, 2.05) is 0 Å². The molecule has 1 saturated heterocycles. The van der Waals surface area contributed by atoms with Crippen LogP contribution in [0.4, 0.5) is 15.3 Å². The van der Waals surface area contributed by atoms with Crippen LogP contribution >= 0.6 is 0 Å². The Morgan fingerprint density at radius 1 is 1.05 bits per heavy atom. The number of nitrogens with one attached hydrogen (secondary N) is 1. The van der Waals surface area contributed by atoms with Crippen molar-refractivity contribution in [2.75, 3.05) is 38.6 Å². The van der Waals surface area contributed by atoms with Crippen molar-refractivity contribution in [3.05, 3.63) is 18.2 Å². The van der Waals surface area contributed by atoms with Gasteiger partial charge in [0, 0.05) is 50.1 Å². The van der Waals surface area contributed by atoms with Crippen molar-refractivity contribution in [3.63, 3.8) is 0 Å². The summed E-state index contributed by atoms with van der Waals surface area (Å²) >= 11 is 0. The van der Waals surface area contributed by atoms with Crippen molar-refractivity contribution in [1.29, 1.82) is 0 Å². The second kappa shape index (κ2) is 6.21. The molecule has 8 nitrogen and oxygen atoms in total. The molecule has 3 amide bonds. The van der Waals surface area contributed by atoms with E-state index in [1.165, 1.54) is 30.2 Å². The SMILES string of the molecule is COC(=O)N1CCN(C(=O)Nc2cc(O)cc(O)c2)CC1. The number of benzene rings is 1. The molecule has 0 aromatic heterocycles. The number of piperazine rings is 1. The Morgan fingerprint density at radius 2 is 1.57 bits per heavy atom. The topological polar surface area (TPSA) is 102 Å². The zero-order chi connectivity index (χ0) is 15.4. The van der Waals surface area contributed by atoms with E-state index >= 15 is 0 Å². The molecule has 21 heavy (non-hydrogen) atoms. The summed E-state index contributed by atoms with van der Waals surface area (Å²) in [6.45, 7) is 1.55. The Kier molecular flexibility index (Phi) is 4.36. The highest BCUT2D eigenvalue weighted by molar-refractivity contribution is 5.90. The van der Waals surface area contributed by atoms with E-state index in [0.29, 0.717) is 31.9 Å². The average Bonchev–Trinajstić information content (AvgIpc) is 2.45. The lowest BCUT2D eigenvalue weighted by atomic mass is 10.3. The van der Waals surface area contributed by atoms with Crippen LogP contribution in [0.15, 0.2) is 18.2 Å². The molecule has 114 valence electrons. The number of hydrogen-bond donors (Lipinski definition) is 3. The predicted molar refractivity (Wildman–Crippen MR) is 74.3 cm³/mol. The van der Waals surface area contributed by atoms with E-state index in [9.17, 15) is 19.8 Å². The van der Waals surface area contributed by atoms with Gasteiger partial charge in [0.2, 0.25) is 0 Å². The van der Waals surface area contributed by atoms with Gasteiger partial charge >= 0.3 is 12.1 Å². The van der Waals surface area contributed by atoms with Gasteiger partial charge in [-0.3, -0.25) is 0 Å². The number of nitrogens with zero attached hydrogens (tertiary/aromatic N) is 2. The van der Waals surface area contributed by atoms with Crippen molar-refractivity contribution >= 4 is 17.8 Å². The van der Waals surface area contributed by atoms with Crippen molar-refractivity contribution < 1.29 is 24.5 Å². The third-order valence-electron chi connectivity index (χ3n) is 3.15. The molecular formula is C13H17N3O5. The number of carbonyl (C=O) groups is 2. The van der Waals surface area contributed by atoms with E-state index in [-0.39, 0.29) is 17.5 Å². The number of phenols is 2. The van der Waals surface area contributed by atoms with Gasteiger partial charge in [-0.2, -0.15) is 0 Å². The highest BCUT2D eigenvalue weighted by atomic mass is 16.5. The lowest BCUT2D eigenvalue weighted by molar-refractivity contribution is 0.0992. The number of phenolic OH excluding ortho intramolecular Hbond substituents is 2. The molecule has 0 bridgehead atoms. The molecule has 1 aromatic carbocycles. The first kappa shape index (κ1) is 14.8. The molecule has 8 heteroatoms. The Hall–Kier alpha value is -2.64. The molecule has 0 saturated carbocycles. The maximum absolute atomic E-state index is 12.1. The minimum Gasteiger partial charge on any atom is -0.508 e. The number of amides is 3. The van der Waals surface area contributed by atoms with Gasteiger partial charge in [0.15, 0.2) is 0 Å². The zero-order valence-corrected chi connectivity index (χ0v) is 11.6. The molecule has 0 unspecified atom stereocenters. The largest absolute Gasteiger partial charge is 0.508 e. The number of anilines is 1. The minimum atomic E-state index is -0.409. The predicted octanol–water partition coefficient (Wildman–Crippen LogP) is 1.01. The van der Waals surface area contributed by atoms with Gasteiger partial charge in [-0.25, -0.2) is 9.59 Å². The van der Waals surface area contributed by atoms with E-state index in [2.05, 4.69) is 10.1 Å². The number of carbonyl (C=O) groups excluding carboxylic acids is 2. The van der Waals surface area contributed by atoms with Crippen LogP contribution in [0, 0.1) is 0 Å². The first-order valence-corrected chi connectivity index (χ1v) is 6.41. The second-order valence-electron chi connectivity index (χ2n) is 4.61. The summed E-state index contributed by atoms with van der Waals surface area (Å²) in [4.78, 5) is 26.5. The van der Waals surface area contributed by atoms with Crippen LogP contribution < -0.4 is 5.32 Å². The van der Waals surface area contributed by atoms with Crippen LogP contribution in [-0.4, -0.2) is 65.4 Å². The zero-order valence-electron chi connectivity index (χ0n) is 11.6. The fourth-order valence-electron chi connectivity index (χ4n) is 2.09. The fourth-order valence-corrected chi connectivity index (χ4v) is 2.09. The molecule has 1 heterocycles. The lowest BCUT2D eigenvalue weighted by Crippen LogP contribution is -2.51. The minimum absolute atomic E-state index is 0.138. The molecule has 3 N–H and O–H groups in total. The maximum Gasteiger partial charge on any atom is 0.409 e. The summed E-state index contributed by atoms with van der Waals surface area (Å²) in [5.74, 6) is -0.276. The van der Waals surface area contributed by atoms with E-state index in [4.69, 9.17) is 0 Å². The Balaban J connectivity index is 1.91. The third-order valence-corrected chi connectivity index (χ3v) is 3.15. The summed E-state index contributed by atoms with van der Waals surface area (Å²) in [6, 6.07) is 3.49. The van der Waals surface area contributed by atoms with Gasteiger partial charge in [-0.15, -0.1) is 0 Å². The van der Waals surface area contributed by atoms with E-state index < -0.39 is 6.09 Å². The number of urea groups is 1. The van der Waals surface area contributed by atoms with E-state index in [1.54, 1.807) is 4.90 Å². The van der Waals surface area contributed by atoms with Crippen molar-refractivity contribution in [2.24, 2.45) is 0 Å². The van der Waals surface area contributed by atoms with Gasteiger partial charge in [-0.05, 0) is 0 Å². The van der Waals surface area contributed by atoms with Crippen molar-refractivity contribution in [1.82, 2.24) is 9.80 Å². The monoisotopic (exact) mass is 295 g/mol. The fraction of sp³-hybridized carbons (Fsp3) is 0.385. The molecule has 1 fully saturated rings. The van der Waals surface area contributed by atoms with Gasteiger partial charge in [-0.1, -0.05) is 0 Å². The quantitative estimate of drug-likeness (QED) is 0.717. The number of methoxy groups -OCH3 is 1. The summed E-state index contributed by atoms with van der Waals surface area (Å²) in [5.41, 5.74) is 0.299. The van der Waals surface area contributed by atoms with Crippen LogP contribution in [0.3, 0.4) is 0 Å². The molecule has 0 radical (unpaired) electrons. The summed E-state index contributed by atoms with van der Waals surface area (Å²) in [6.07, 6.45) is -0.409. The number of aromatic hydroxyl groups is 2. The molecule has 0 aliphatic carbocycles. The van der Waals surface area contributed by atoms with E-state index in [0.717, 1.165) is 0 Å². The normalized spacial score (nSPS) is 14.7. The van der Waals surface area contributed by atoms with Crippen LogP contribution in [-0.2, 0) is 4.74 Å². The summed E-state index contributed by atoms with van der Waals surface area (Å²) in [7, 11) is 1.32. The standard InChI is InChI=1S/C13H17N3O5/c1-21-13(20)16-4-2-15(3-5-16)12(19)14-9-6-10(17)8-11(18)7-9/h6-8,17-18H,2-5H2,1H3,(H,14,19). The highest BCUT2D eigenvalue weighted by Gasteiger charge is 2.24. The molecule has 1 aromatic rings. The number of ether oxygens (including phenoxy) is 1. The second-order valence-corrected chi connectivity index (χ2v) is 4.61. The molecule has 0 spiro atoms. The molecule has 0 atom stereocenters. The maximum atomic E-state index is 12.1. The number of rotatable bonds is 1. The van der Waals surface area contributed by atoms with Gasteiger partial charge in [0.1, 0.15) is 11.5 Å². The Bertz CT molecular complexity index is 520. The molecule has 1 aliphatic rings. The van der Waals surface area contributed by atoms with Crippen LogP contribution in [0.5, 0.6) is 11.5 Å². The summed E-state index contributed by atoms with van der Waals surface area (Å²) in [5, 5.41) is 21.3. The average molecular weight is 295 g/mol. The molecular weight excluding hydrogens is 278 g/mol. The van der Waals surface area contributed by atoms with Crippen molar-refractivity contribution in [2.45, 2.75) is 0 Å². The molecule has 2 rings (SSSR count). The van der Waals surface area contributed by atoms with Crippen LogP contribution in [0.1, 0.15) is 0 Å². The van der Waals surface area contributed by atoms with Crippen LogP contribution in [0.25, 0.3) is 0 Å². The van der Waals surface area contributed by atoms with Crippen LogP contribution in [0.2, 0.25) is 0 Å². The van der Waals surface area contributed by atoms with Gasteiger partial charge in [0.25, 0.3) is 0 Å². The smallest absolute Gasteiger partial charge is 0.409 e. The third kappa shape index (κ3) is 3.68. The van der Waals surface area contributed by atoms with Crippen molar-refractivity contribution in [3.8, 4) is 11.5 Å². The highest BCUT2D eigenvalue weighted by Crippen LogP contribution is 2.24. The summed E-state index contributed by atoms with van der Waals surface area (Å²) < 4.78 is 4.62. The molecule has 1 aliphatic heterocycles. The first-order valence-electron chi connectivity index (χ1n) is 6.41. The van der Waals surface area contributed by atoms with Gasteiger partial charge in [0.05, 0.1) is 7.11 Å². The Morgan fingerprint density at radius 3 is 2.10 bits per heavy atom. The lowest BCUT2D eigenvalue weighted by Gasteiger charge is -2.33. The van der Waals surface area contributed by atoms with Gasteiger partial charge < -0.3 is 30.1 Å². The number of hydrogen-bond acceptors (Lipinski definition) is 5. The Labute approximate surface area is 121 Å². The first-order chi connectivity index (χ1) is 9.99.